The van der Waals surface area contributed by atoms with Crippen molar-refractivity contribution in [2.75, 3.05) is 33.0 Å². The molecule has 1 amide bonds. The standard InChI is InChI=1S/C19H19N3O5S/c23-18(5-2-15-3-6-19(28-15)22(24)25)21-9-7-20(8-10-21)12-14-1-4-16-17(11-14)27-13-26-16/h1-6,11H,7-10,12-13H2/b5-2+. The van der Waals surface area contributed by atoms with Crippen molar-refractivity contribution in [3.63, 3.8) is 0 Å². The highest BCUT2D eigenvalue weighted by Gasteiger charge is 2.21. The smallest absolute Gasteiger partial charge is 0.324 e. The predicted molar refractivity (Wildman–Crippen MR) is 104 cm³/mol. The maximum atomic E-state index is 12.4. The van der Waals surface area contributed by atoms with Gasteiger partial charge in [-0.3, -0.25) is 19.8 Å². The minimum Gasteiger partial charge on any atom is -0.454 e. The van der Waals surface area contributed by atoms with Crippen molar-refractivity contribution < 1.29 is 19.2 Å². The van der Waals surface area contributed by atoms with E-state index >= 15 is 0 Å². The summed E-state index contributed by atoms with van der Waals surface area (Å²) in [5.41, 5.74) is 1.16. The molecule has 2 aliphatic rings. The van der Waals surface area contributed by atoms with Crippen LogP contribution in [-0.2, 0) is 11.3 Å². The van der Waals surface area contributed by atoms with Crippen LogP contribution in [0.4, 0.5) is 5.00 Å². The summed E-state index contributed by atoms with van der Waals surface area (Å²) >= 11 is 1.06. The normalized spacial score (nSPS) is 16.6. The molecule has 0 aliphatic carbocycles. The fourth-order valence-electron chi connectivity index (χ4n) is 3.21. The van der Waals surface area contributed by atoms with Gasteiger partial charge in [-0.1, -0.05) is 17.4 Å². The van der Waals surface area contributed by atoms with Gasteiger partial charge < -0.3 is 14.4 Å². The third kappa shape index (κ3) is 4.15. The highest BCUT2D eigenvalue weighted by molar-refractivity contribution is 7.16. The summed E-state index contributed by atoms with van der Waals surface area (Å²) in [6.07, 6.45) is 3.13. The van der Waals surface area contributed by atoms with Crippen LogP contribution >= 0.6 is 11.3 Å². The first-order valence-corrected chi connectivity index (χ1v) is 9.72. The molecule has 0 radical (unpaired) electrons. The number of amides is 1. The molecule has 3 heterocycles. The Morgan fingerprint density at radius 3 is 2.68 bits per heavy atom. The molecule has 0 saturated carbocycles. The number of nitro groups is 1. The van der Waals surface area contributed by atoms with Gasteiger partial charge in [0, 0.05) is 49.7 Å². The molecule has 146 valence electrons. The Bertz CT molecular complexity index is 918. The fourth-order valence-corrected chi connectivity index (χ4v) is 3.94. The van der Waals surface area contributed by atoms with E-state index in [1.165, 1.54) is 12.1 Å². The Morgan fingerprint density at radius 1 is 1.14 bits per heavy atom. The first-order chi connectivity index (χ1) is 13.6. The molecule has 28 heavy (non-hydrogen) atoms. The molecule has 4 rings (SSSR count). The molecule has 2 aliphatic heterocycles. The number of thiophene rings is 1. The second-order valence-corrected chi connectivity index (χ2v) is 7.65. The van der Waals surface area contributed by atoms with Crippen molar-refractivity contribution in [2.45, 2.75) is 6.54 Å². The number of hydrogen-bond acceptors (Lipinski definition) is 7. The van der Waals surface area contributed by atoms with Gasteiger partial charge in [0.2, 0.25) is 12.7 Å². The predicted octanol–water partition coefficient (Wildman–Crippen LogP) is 2.74. The van der Waals surface area contributed by atoms with Crippen LogP contribution in [0.15, 0.2) is 36.4 Å². The third-order valence-electron chi connectivity index (χ3n) is 4.71. The molecular formula is C19H19N3O5S. The van der Waals surface area contributed by atoms with Crippen LogP contribution in [0.25, 0.3) is 6.08 Å². The number of carbonyl (C=O) groups is 1. The second kappa shape index (κ2) is 7.99. The van der Waals surface area contributed by atoms with E-state index in [0.29, 0.717) is 18.0 Å². The lowest BCUT2D eigenvalue weighted by Gasteiger charge is -2.34. The zero-order valence-corrected chi connectivity index (χ0v) is 15.9. The zero-order valence-electron chi connectivity index (χ0n) is 15.1. The number of rotatable bonds is 5. The van der Waals surface area contributed by atoms with Gasteiger partial charge in [-0.05, 0) is 29.8 Å². The van der Waals surface area contributed by atoms with Gasteiger partial charge in [-0.15, -0.1) is 0 Å². The number of ether oxygens (including phenoxy) is 2. The lowest BCUT2D eigenvalue weighted by molar-refractivity contribution is -0.380. The molecule has 1 saturated heterocycles. The molecular weight excluding hydrogens is 382 g/mol. The van der Waals surface area contributed by atoms with Gasteiger partial charge in [0.25, 0.3) is 0 Å². The molecule has 0 N–H and O–H groups in total. The number of fused-ring (bicyclic) bond motifs is 1. The van der Waals surface area contributed by atoms with Crippen LogP contribution in [0.5, 0.6) is 11.5 Å². The summed E-state index contributed by atoms with van der Waals surface area (Å²) in [6, 6.07) is 9.06. The van der Waals surface area contributed by atoms with Gasteiger partial charge in [0.15, 0.2) is 11.5 Å². The highest BCUT2D eigenvalue weighted by atomic mass is 32.1. The van der Waals surface area contributed by atoms with Crippen LogP contribution < -0.4 is 9.47 Å². The molecule has 2 aromatic rings. The summed E-state index contributed by atoms with van der Waals surface area (Å²) in [6.45, 7) is 3.95. The maximum absolute atomic E-state index is 12.4. The van der Waals surface area contributed by atoms with Crippen molar-refractivity contribution in [3.8, 4) is 11.5 Å². The minimum absolute atomic E-state index is 0.0706. The molecule has 9 heteroatoms. The van der Waals surface area contributed by atoms with Crippen LogP contribution in [0.1, 0.15) is 10.4 Å². The van der Waals surface area contributed by atoms with E-state index < -0.39 is 4.92 Å². The van der Waals surface area contributed by atoms with Gasteiger partial charge >= 0.3 is 5.00 Å². The van der Waals surface area contributed by atoms with E-state index in [2.05, 4.69) is 4.90 Å². The summed E-state index contributed by atoms with van der Waals surface area (Å²) < 4.78 is 10.7. The van der Waals surface area contributed by atoms with E-state index in [0.717, 1.165) is 48.0 Å². The summed E-state index contributed by atoms with van der Waals surface area (Å²) in [5.74, 6) is 1.49. The molecule has 1 aromatic carbocycles. The Kier molecular flexibility index (Phi) is 5.27. The molecule has 1 fully saturated rings. The van der Waals surface area contributed by atoms with Crippen LogP contribution in [0, 0.1) is 10.1 Å². The Hall–Kier alpha value is -2.91. The zero-order chi connectivity index (χ0) is 19.5. The number of carbonyl (C=O) groups excluding carboxylic acids is 1. The lowest BCUT2D eigenvalue weighted by Crippen LogP contribution is -2.47. The lowest BCUT2D eigenvalue weighted by atomic mass is 10.1. The van der Waals surface area contributed by atoms with Gasteiger partial charge in [0.1, 0.15) is 0 Å². The number of piperazine rings is 1. The Balaban J connectivity index is 1.28. The largest absolute Gasteiger partial charge is 0.454 e. The summed E-state index contributed by atoms with van der Waals surface area (Å²) in [7, 11) is 0. The van der Waals surface area contributed by atoms with Crippen LogP contribution in [-0.4, -0.2) is 53.6 Å². The average Bonchev–Trinajstić information content (AvgIpc) is 3.36. The topological polar surface area (TPSA) is 85.2 Å². The third-order valence-corrected chi connectivity index (χ3v) is 5.71. The highest BCUT2D eigenvalue weighted by Crippen LogP contribution is 2.32. The quantitative estimate of drug-likeness (QED) is 0.435. The first kappa shape index (κ1) is 18.5. The van der Waals surface area contributed by atoms with E-state index in [1.807, 2.05) is 18.2 Å². The van der Waals surface area contributed by atoms with E-state index in [-0.39, 0.29) is 17.7 Å². The minimum atomic E-state index is -0.427. The van der Waals surface area contributed by atoms with Crippen molar-refractivity contribution in [1.82, 2.24) is 9.80 Å². The Morgan fingerprint density at radius 2 is 1.93 bits per heavy atom. The van der Waals surface area contributed by atoms with Crippen LogP contribution in [0.3, 0.4) is 0 Å². The molecule has 0 unspecified atom stereocenters. The Labute approximate surface area is 165 Å². The van der Waals surface area contributed by atoms with Gasteiger partial charge in [-0.25, -0.2) is 0 Å². The first-order valence-electron chi connectivity index (χ1n) is 8.90. The van der Waals surface area contributed by atoms with Gasteiger partial charge in [0.05, 0.1) is 4.92 Å². The number of nitrogens with zero attached hydrogens (tertiary/aromatic N) is 3. The number of benzene rings is 1. The average molecular weight is 401 g/mol. The molecule has 0 atom stereocenters. The summed E-state index contributed by atoms with van der Waals surface area (Å²) in [4.78, 5) is 27.4. The molecule has 0 spiro atoms. The van der Waals surface area contributed by atoms with Gasteiger partial charge in [-0.2, -0.15) is 0 Å². The van der Waals surface area contributed by atoms with E-state index in [1.54, 1.807) is 17.0 Å². The molecule has 1 aromatic heterocycles. The monoisotopic (exact) mass is 401 g/mol. The van der Waals surface area contributed by atoms with E-state index in [4.69, 9.17) is 9.47 Å². The van der Waals surface area contributed by atoms with Crippen LogP contribution in [0.2, 0.25) is 0 Å². The van der Waals surface area contributed by atoms with E-state index in [9.17, 15) is 14.9 Å². The van der Waals surface area contributed by atoms with Crippen molar-refractivity contribution in [3.05, 3.63) is 57.0 Å². The van der Waals surface area contributed by atoms with Crippen molar-refractivity contribution in [1.29, 1.82) is 0 Å². The number of hydrogen-bond donors (Lipinski definition) is 0. The van der Waals surface area contributed by atoms with Crippen molar-refractivity contribution in [2.24, 2.45) is 0 Å². The van der Waals surface area contributed by atoms with Crippen molar-refractivity contribution >= 4 is 28.3 Å². The summed E-state index contributed by atoms with van der Waals surface area (Å²) in [5, 5.41) is 10.8. The molecule has 8 nitrogen and oxygen atoms in total. The SMILES string of the molecule is O=C(/C=C/c1ccc([N+](=O)[O-])s1)N1CCN(Cc2ccc3c(c2)OCO3)CC1. The second-order valence-electron chi connectivity index (χ2n) is 6.56. The maximum Gasteiger partial charge on any atom is 0.324 e. The molecule has 0 bridgehead atoms. The fraction of sp³-hybridized carbons (Fsp3) is 0.316.